The molecule has 0 heterocycles. The van der Waals surface area contributed by atoms with E-state index in [1.807, 2.05) is 54.6 Å². The lowest BCUT2D eigenvalue weighted by molar-refractivity contribution is 0.225. The van der Waals surface area contributed by atoms with Crippen molar-refractivity contribution < 1.29 is 10.6 Å². The Morgan fingerprint density at radius 1 is 0.867 bits per heavy atom. The van der Waals surface area contributed by atoms with Gasteiger partial charge >= 0.3 is 0 Å². The minimum Gasteiger partial charge on any atom is -0.412 e. The van der Waals surface area contributed by atoms with Crippen molar-refractivity contribution in [1.29, 1.82) is 0 Å². The second-order valence-electron chi connectivity index (χ2n) is 2.77. The maximum Gasteiger partial charge on any atom is 0.0758 e. The minimum absolute atomic E-state index is 0. The minimum atomic E-state index is -0.231. The summed E-state index contributed by atoms with van der Waals surface area (Å²) >= 11 is 0. The normalized spacial score (nSPS) is 16.5. The predicted octanol–water partition coefficient (Wildman–Crippen LogP) is 2.36. The van der Waals surface area contributed by atoms with Crippen LogP contribution < -0.4 is 0 Å². The molecule has 2 nitrogen and oxygen atoms in total. The van der Waals surface area contributed by atoms with Crippen molar-refractivity contribution in [1.82, 2.24) is 0 Å². The average molecular weight is 208 g/mol. The molecule has 0 saturated carbocycles. The highest BCUT2D eigenvalue weighted by Crippen LogP contribution is 2.00. The number of allylic oxidation sites excluding steroid dienone is 2. The highest BCUT2D eigenvalue weighted by molar-refractivity contribution is 5.11. The summed E-state index contributed by atoms with van der Waals surface area (Å²) in [4.78, 5) is 0. The predicted molar refractivity (Wildman–Crippen MR) is 65.7 cm³/mol. The first-order valence-corrected chi connectivity index (χ1v) is 4.41. The quantitative estimate of drug-likeness (QED) is 0.699. The molecule has 0 bridgehead atoms. The van der Waals surface area contributed by atoms with Crippen LogP contribution in [0.2, 0.25) is 0 Å². The van der Waals surface area contributed by atoms with Crippen LogP contribution in [0.25, 0.3) is 0 Å². The summed E-state index contributed by atoms with van der Waals surface area (Å²) in [5.41, 5.74) is 0. The topological polar surface area (TPSA) is 51.7 Å². The van der Waals surface area contributed by atoms with Crippen molar-refractivity contribution in [3.05, 3.63) is 60.7 Å². The van der Waals surface area contributed by atoms with Crippen LogP contribution in [-0.2, 0) is 0 Å². The summed E-state index contributed by atoms with van der Waals surface area (Å²) in [6.45, 7) is 0. The van der Waals surface area contributed by atoms with Gasteiger partial charge in [0.05, 0.1) is 6.10 Å². The molecule has 0 spiro atoms. The van der Waals surface area contributed by atoms with Crippen LogP contribution in [0.4, 0.5) is 0 Å². The molecule has 3 N–H and O–H groups in total. The zero-order valence-electron chi connectivity index (χ0n) is 8.01. The lowest BCUT2D eigenvalue weighted by Crippen LogP contribution is -2.00. The molecule has 0 aliphatic heterocycles. The van der Waals surface area contributed by atoms with Gasteiger partial charge in [-0.2, -0.15) is 0 Å². The Kier molecular flexibility index (Phi) is 11.5. The van der Waals surface area contributed by atoms with E-state index in [0.29, 0.717) is 0 Å². The standard InChI is InChI=1S/C6H8O.C6H6.CH4.H2O/c7-6-4-2-1-3-5-6;1-2-4-6-5-3-1;;/h1-4,6-7H,5H2;1-6H;1H4;1H2. The van der Waals surface area contributed by atoms with Gasteiger partial charge in [0.2, 0.25) is 0 Å². The first-order valence-electron chi connectivity index (χ1n) is 4.41. The van der Waals surface area contributed by atoms with Crippen LogP contribution in [0.1, 0.15) is 13.8 Å². The van der Waals surface area contributed by atoms with Gasteiger partial charge in [0.25, 0.3) is 0 Å². The SMILES string of the molecule is C.O.OC1C=CC=CC1.c1ccccc1. The van der Waals surface area contributed by atoms with Gasteiger partial charge in [0, 0.05) is 0 Å². The molecule has 1 aromatic carbocycles. The van der Waals surface area contributed by atoms with E-state index in [2.05, 4.69) is 0 Å². The van der Waals surface area contributed by atoms with Gasteiger partial charge in [0.15, 0.2) is 0 Å². The summed E-state index contributed by atoms with van der Waals surface area (Å²) < 4.78 is 0. The smallest absolute Gasteiger partial charge is 0.0758 e. The van der Waals surface area contributed by atoms with Crippen molar-refractivity contribution in [2.24, 2.45) is 0 Å². The number of benzene rings is 1. The van der Waals surface area contributed by atoms with Gasteiger partial charge in [-0.05, 0) is 6.42 Å². The first kappa shape index (κ1) is 16.1. The molecule has 2 rings (SSSR count). The molecule has 0 aromatic heterocycles. The zero-order chi connectivity index (χ0) is 9.36. The molecular formula is C13H20O2. The van der Waals surface area contributed by atoms with Crippen molar-refractivity contribution in [3.63, 3.8) is 0 Å². The molecule has 0 radical (unpaired) electrons. The number of hydrogen-bond acceptors (Lipinski definition) is 1. The number of aliphatic hydroxyl groups is 1. The van der Waals surface area contributed by atoms with Gasteiger partial charge in [-0.3, -0.25) is 0 Å². The molecule has 0 amide bonds. The van der Waals surface area contributed by atoms with Crippen LogP contribution >= 0.6 is 0 Å². The van der Waals surface area contributed by atoms with Crippen molar-refractivity contribution in [2.75, 3.05) is 0 Å². The Labute approximate surface area is 91.9 Å². The maximum atomic E-state index is 8.77. The fraction of sp³-hybridized carbons (Fsp3) is 0.231. The van der Waals surface area contributed by atoms with Crippen LogP contribution in [-0.4, -0.2) is 16.7 Å². The molecular weight excluding hydrogens is 188 g/mol. The molecule has 84 valence electrons. The highest BCUT2D eigenvalue weighted by Gasteiger charge is 1.95. The Hall–Kier alpha value is -1.38. The van der Waals surface area contributed by atoms with Crippen molar-refractivity contribution >= 4 is 0 Å². The van der Waals surface area contributed by atoms with Gasteiger partial charge in [-0.1, -0.05) is 68.1 Å². The zero-order valence-corrected chi connectivity index (χ0v) is 8.01. The fourth-order valence-electron chi connectivity index (χ4n) is 0.952. The van der Waals surface area contributed by atoms with E-state index >= 15 is 0 Å². The fourth-order valence-corrected chi connectivity index (χ4v) is 0.952. The molecule has 1 aliphatic rings. The van der Waals surface area contributed by atoms with E-state index in [1.54, 1.807) is 6.08 Å². The lowest BCUT2D eigenvalue weighted by atomic mass is 10.1. The Balaban J connectivity index is 0. The van der Waals surface area contributed by atoms with Crippen LogP contribution in [0.3, 0.4) is 0 Å². The number of rotatable bonds is 0. The van der Waals surface area contributed by atoms with Gasteiger partial charge in [0.1, 0.15) is 0 Å². The molecule has 2 heteroatoms. The van der Waals surface area contributed by atoms with Crippen LogP contribution in [0.5, 0.6) is 0 Å². The molecule has 0 saturated heterocycles. The maximum absolute atomic E-state index is 8.77. The summed E-state index contributed by atoms with van der Waals surface area (Å²) in [7, 11) is 0. The van der Waals surface area contributed by atoms with E-state index < -0.39 is 0 Å². The molecule has 1 aromatic rings. The van der Waals surface area contributed by atoms with Gasteiger partial charge in [-0.15, -0.1) is 0 Å². The number of hydrogen-bond donors (Lipinski definition) is 1. The third-order valence-corrected chi connectivity index (χ3v) is 1.62. The molecule has 0 fully saturated rings. The second kappa shape index (κ2) is 10.7. The first-order chi connectivity index (χ1) is 6.39. The van der Waals surface area contributed by atoms with Crippen molar-refractivity contribution in [3.8, 4) is 0 Å². The molecule has 15 heavy (non-hydrogen) atoms. The van der Waals surface area contributed by atoms with E-state index in [0.717, 1.165) is 6.42 Å². The van der Waals surface area contributed by atoms with Gasteiger partial charge in [-0.25, -0.2) is 0 Å². The Morgan fingerprint density at radius 2 is 1.33 bits per heavy atom. The monoisotopic (exact) mass is 208 g/mol. The molecule has 1 unspecified atom stereocenters. The third kappa shape index (κ3) is 8.94. The van der Waals surface area contributed by atoms with Gasteiger partial charge < -0.3 is 10.6 Å². The summed E-state index contributed by atoms with van der Waals surface area (Å²) in [5.74, 6) is 0. The van der Waals surface area contributed by atoms with E-state index in [1.165, 1.54) is 0 Å². The van der Waals surface area contributed by atoms with E-state index in [-0.39, 0.29) is 19.0 Å². The summed E-state index contributed by atoms with van der Waals surface area (Å²) in [6, 6.07) is 12.0. The molecule has 1 atom stereocenters. The third-order valence-electron chi connectivity index (χ3n) is 1.62. The second-order valence-corrected chi connectivity index (χ2v) is 2.77. The van der Waals surface area contributed by atoms with E-state index in [4.69, 9.17) is 5.11 Å². The Bertz CT molecular complexity index is 238. The number of aliphatic hydroxyl groups excluding tert-OH is 1. The lowest BCUT2D eigenvalue weighted by Gasteiger charge is -2.01. The van der Waals surface area contributed by atoms with Crippen molar-refractivity contribution in [2.45, 2.75) is 20.0 Å². The average Bonchev–Trinajstić information content (AvgIpc) is 2.22. The highest BCUT2D eigenvalue weighted by atomic mass is 16.3. The molecule has 1 aliphatic carbocycles. The largest absolute Gasteiger partial charge is 0.412 e. The Morgan fingerprint density at radius 3 is 1.53 bits per heavy atom. The summed E-state index contributed by atoms with van der Waals surface area (Å²) in [6.07, 6.45) is 8.06. The van der Waals surface area contributed by atoms with Crippen LogP contribution in [0.15, 0.2) is 60.7 Å². The van der Waals surface area contributed by atoms with E-state index in [9.17, 15) is 0 Å². The van der Waals surface area contributed by atoms with Crippen LogP contribution in [0, 0.1) is 0 Å². The summed E-state index contributed by atoms with van der Waals surface area (Å²) in [5, 5.41) is 8.77.